The van der Waals surface area contributed by atoms with E-state index in [-0.39, 0.29) is 11.9 Å². The van der Waals surface area contributed by atoms with Crippen LogP contribution in [0.3, 0.4) is 0 Å². The molecule has 2 N–H and O–H groups in total. The van der Waals surface area contributed by atoms with E-state index in [1.165, 1.54) is 25.7 Å². The molecule has 3 heteroatoms. The van der Waals surface area contributed by atoms with Gasteiger partial charge in [0.25, 0.3) is 0 Å². The molecule has 0 aromatic rings. The van der Waals surface area contributed by atoms with Gasteiger partial charge in [0.1, 0.15) is 0 Å². The molecule has 2 unspecified atom stereocenters. The monoisotopic (exact) mass is 252 g/mol. The van der Waals surface area contributed by atoms with Crippen molar-refractivity contribution < 1.29 is 4.79 Å². The number of piperidine rings is 1. The number of hydrogen-bond donors (Lipinski definition) is 2. The van der Waals surface area contributed by atoms with Crippen LogP contribution in [-0.2, 0) is 4.79 Å². The van der Waals surface area contributed by atoms with Crippen LogP contribution in [0.5, 0.6) is 0 Å². The Morgan fingerprint density at radius 3 is 2.50 bits per heavy atom. The molecule has 104 valence electrons. The Kier molecular flexibility index (Phi) is 4.31. The molecule has 1 aliphatic heterocycles. The molecule has 18 heavy (non-hydrogen) atoms. The van der Waals surface area contributed by atoms with E-state index in [1.54, 1.807) is 0 Å². The second-order valence-electron chi connectivity index (χ2n) is 7.00. The summed E-state index contributed by atoms with van der Waals surface area (Å²) < 4.78 is 0. The van der Waals surface area contributed by atoms with E-state index in [2.05, 4.69) is 31.4 Å². The fourth-order valence-electron chi connectivity index (χ4n) is 3.24. The summed E-state index contributed by atoms with van der Waals surface area (Å²) in [5, 5.41) is 6.62. The highest BCUT2D eigenvalue weighted by molar-refractivity contribution is 5.82. The summed E-state index contributed by atoms with van der Waals surface area (Å²) in [5.41, 5.74) is 0.470. The highest BCUT2D eigenvalue weighted by Gasteiger charge is 2.31. The van der Waals surface area contributed by atoms with Crippen molar-refractivity contribution in [2.75, 3.05) is 6.54 Å². The Hall–Kier alpha value is -0.570. The van der Waals surface area contributed by atoms with Crippen molar-refractivity contribution in [2.24, 2.45) is 11.3 Å². The maximum atomic E-state index is 12.3. The second kappa shape index (κ2) is 5.60. The third-order valence-corrected chi connectivity index (χ3v) is 4.74. The molecule has 2 rings (SSSR count). The molecule has 2 atom stereocenters. The van der Waals surface area contributed by atoms with Gasteiger partial charge in [-0.1, -0.05) is 20.8 Å². The average Bonchev–Trinajstić information content (AvgIpc) is 2.32. The van der Waals surface area contributed by atoms with Gasteiger partial charge in [-0.15, -0.1) is 0 Å². The van der Waals surface area contributed by atoms with Gasteiger partial charge in [0.05, 0.1) is 6.04 Å². The van der Waals surface area contributed by atoms with Crippen LogP contribution in [0.1, 0.15) is 59.3 Å². The summed E-state index contributed by atoms with van der Waals surface area (Å²) in [6.07, 6.45) is 7.10. The maximum Gasteiger partial charge on any atom is 0.237 e. The molecule has 1 amide bonds. The lowest BCUT2D eigenvalue weighted by Crippen LogP contribution is -2.53. The zero-order valence-corrected chi connectivity index (χ0v) is 12.1. The molecule has 2 fully saturated rings. The molecule has 0 spiro atoms. The molecule has 1 saturated heterocycles. The smallest absolute Gasteiger partial charge is 0.237 e. The summed E-state index contributed by atoms with van der Waals surface area (Å²) in [7, 11) is 0. The van der Waals surface area contributed by atoms with Crippen LogP contribution < -0.4 is 10.6 Å². The van der Waals surface area contributed by atoms with Crippen LogP contribution in [0.2, 0.25) is 0 Å². The zero-order chi connectivity index (χ0) is 13.2. The Labute approximate surface area is 111 Å². The van der Waals surface area contributed by atoms with Crippen LogP contribution in [0.4, 0.5) is 0 Å². The van der Waals surface area contributed by atoms with E-state index in [9.17, 15) is 4.79 Å². The third-order valence-electron chi connectivity index (χ3n) is 4.74. The molecule has 0 aromatic carbocycles. The molecule has 1 saturated carbocycles. The van der Waals surface area contributed by atoms with Gasteiger partial charge < -0.3 is 10.6 Å². The number of hydrogen-bond acceptors (Lipinski definition) is 2. The summed E-state index contributed by atoms with van der Waals surface area (Å²) >= 11 is 0. The maximum absolute atomic E-state index is 12.3. The number of carbonyl (C=O) groups is 1. The average molecular weight is 252 g/mol. The van der Waals surface area contributed by atoms with Gasteiger partial charge in [-0.05, 0) is 56.4 Å². The minimum absolute atomic E-state index is 0.0358. The van der Waals surface area contributed by atoms with Gasteiger partial charge in [0, 0.05) is 6.04 Å². The molecule has 2 aliphatic rings. The van der Waals surface area contributed by atoms with Crippen molar-refractivity contribution in [1.82, 2.24) is 10.6 Å². The van der Waals surface area contributed by atoms with Crippen molar-refractivity contribution in [3.8, 4) is 0 Å². The van der Waals surface area contributed by atoms with E-state index < -0.39 is 0 Å². The van der Waals surface area contributed by atoms with Gasteiger partial charge in [0.2, 0.25) is 5.91 Å². The summed E-state index contributed by atoms with van der Waals surface area (Å²) in [6.45, 7) is 7.83. The second-order valence-corrected chi connectivity index (χ2v) is 7.00. The molecule has 0 radical (unpaired) electrons. The van der Waals surface area contributed by atoms with Gasteiger partial charge in [0.15, 0.2) is 0 Å². The predicted octanol–water partition coefficient (Wildman–Crippen LogP) is 2.46. The Morgan fingerprint density at radius 2 is 1.89 bits per heavy atom. The van der Waals surface area contributed by atoms with Gasteiger partial charge in [-0.2, -0.15) is 0 Å². The molecule has 0 aromatic heterocycles. The molecule has 1 aliphatic carbocycles. The number of amides is 1. The highest BCUT2D eigenvalue weighted by Crippen LogP contribution is 2.35. The van der Waals surface area contributed by atoms with Crippen LogP contribution in [0.25, 0.3) is 0 Å². The quantitative estimate of drug-likeness (QED) is 0.792. The number of carbonyl (C=O) groups excluding carboxylic acids is 1. The summed E-state index contributed by atoms with van der Waals surface area (Å²) in [6, 6.07) is 0.440. The van der Waals surface area contributed by atoms with Crippen LogP contribution in [0.15, 0.2) is 0 Å². The van der Waals surface area contributed by atoms with Crippen LogP contribution >= 0.6 is 0 Å². The lowest BCUT2D eigenvalue weighted by Gasteiger charge is -2.36. The van der Waals surface area contributed by atoms with Crippen molar-refractivity contribution in [1.29, 1.82) is 0 Å². The highest BCUT2D eigenvalue weighted by atomic mass is 16.2. The standard InChI is InChI=1S/C15H28N2O/c1-11-5-4-10-16-13(11)14(18)17-12-6-8-15(2,3)9-7-12/h11-13,16H,4-10H2,1-3H3,(H,17,18). The number of nitrogens with one attached hydrogen (secondary N) is 2. The Bertz CT molecular complexity index is 291. The minimum atomic E-state index is 0.0358. The van der Waals surface area contributed by atoms with Gasteiger partial charge in [-0.25, -0.2) is 0 Å². The van der Waals surface area contributed by atoms with E-state index in [1.807, 2.05) is 0 Å². The fourth-order valence-corrected chi connectivity index (χ4v) is 3.24. The fraction of sp³-hybridized carbons (Fsp3) is 0.933. The molecule has 3 nitrogen and oxygen atoms in total. The zero-order valence-electron chi connectivity index (χ0n) is 12.1. The van der Waals surface area contributed by atoms with Crippen molar-refractivity contribution in [3.63, 3.8) is 0 Å². The van der Waals surface area contributed by atoms with Crippen molar-refractivity contribution >= 4 is 5.91 Å². The SMILES string of the molecule is CC1CCCNC1C(=O)NC1CCC(C)(C)CC1. The predicted molar refractivity (Wildman–Crippen MR) is 74.4 cm³/mol. The van der Waals surface area contributed by atoms with E-state index >= 15 is 0 Å². The van der Waals surface area contributed by atoms with E-state index in [0.29, 0.717) is 17.4 Å². The van der Waals surface area contributed by atoms with E-state index in [0.717, 1.165) is 19.4 Å². The van der Waals surface area contributed by atoms with E-state index in [4.69, 9.17) is 0 Å². The van der Waals surface area contributed by atoms with Crippen LogP contribution in [-0.4, -0.2) is 24.5 Å². The Balaban J connectivity index is 1.81. The van der Waals surface area contributed by atoms with Crippen molar-refractivity contribution in [3.05, 3.63) is 0 Å². The normalized spacial score (nSPS) is 33.1. The topological polar surface area (TPSA) is 41.1 Å². The molecular formula is C15H28N2O. The first-order chi connectivity index (χ1) is 8.48. The van der Waals surface area contributed by atoms with Gasteiger partial charge in [-0.3, -0.25) is 4.79 Å². The Morgan fingerprint density at radius 1 is 1.22 bits per heavy atom. The van der Waals surface area contributed by atoms with Crippen LogP contribution in [0, 0.1) is 11.3 Å². The molecule has 1 heterocycles. The largest absolute Gasteiger partial charge is 0.352 e. The van der Waals surface area contributed by atoms with Crippen molar-refractivity contribution in [2.45, 2.75) is 71.4 Å². The summed E-state index contributed by atoms with van der Waals surface area (Å²) in [4.78, 5) is 12.3. The van der Waals surface area contributed by atoms with Gasteiger partial charge >= 0.3 is 0 Å². The first kappa shape index (κ1) is 13.9. The minimum Gasteiger partial charge on any atom is -0.352 e. The third kappa shape index (κ3) is 3.47. The summed E-state index contributed by atoms with van der Waals surface area (Å²) in [5.74, 6) is 0.700. The molecule has 0 bridgehead atoms. The molecular weight excluding hydrogens is 224 g/mol. The number of rotatable bonds is 2. The lowest BCUT2D eigenvalue weighted by atomic mass is 9.75. The first-order valence-electron chi connectivity index (χ1n) is 7.52. The lowest BCUT2D eigenvalue weighted by molar-refractivity contribution is -0.125. The first-order valence-corrected chi connectivity index (χ1v) is 7.52.